The first-order chi connectivity index (χ1) is 57.7. The van der Waals surface area contributed by atoms with Crippen molar-refractivity contribution in [2.24, 2.45) is 0 Å². The van der Waals surface area contributed by atoms with Crippen LogP contribution in [0.5, 0.6) is 0 Å². The Hall–Kier alpha value is -3.37. The Morgan fingerprint density at radius 1 is 0.193 bits per heavy atom. The molecule has 119 heavy (non-hydrogen) atoms. The lowest BCUT2D eigenvalue weighted by molar-refractivity contribution is -0.158. The fourth-order valence-corrected chi connectivity index (χ4v) is 13.0. The standard InChI is InChI=1S/C91H177N3O25/c1-11-16-21-36-57-105-77(6)110-62-41-26-31-46-67-115-87(100)82(95)72-92(53-51-55-93(73-83(96)88(101)116-68-47-32-27-42-63-111-78(7)106-58-37-22-17-12-2)74-84(97)89(102)117-69-48-33-28-43-64-112-79(8)107-59-38-23-18-13-3)54-52-56-94(75-85(98)90(103)118-70-49-34-29-44-65-113-80(9)108-60-39-24-19-14-4)76-86(99)91(104)119-71-50-35-30-45-66-114-81(10)109-61-40-25-20-15-5/h77-86,95-99H,11-76H2,1-10H3. The maximum absolute atomic E-state index is 13.6. The summed E-state index contributed by atoms with van der Waals surface area (Å²) in [6.45, 7) is 25.7. The Balaban J connectivity index is 6.56. The first kappa shape index (κ1) is 116. The quantitative estimate of drug-likeness (QED) is 0.0163. The number of unbranched alkanes of at least 4 members (excludes halogenated alkanes) is 30. The average molecular weight is 1710 g/mol. The van der Waals surface area contributed by atoms with E-state index in [-0.39, 0.29) is 136 Å². The van der Waals surface area contributed by atoms with E-state index < -0.39 is 60.4 Å². The van der Waals surface area contributed by atoms with E-state index in [1.165, 1.54) is 32.1 Å². The van der Waals surface area contributed by atoms with Crippen LogP contribution in [0.25, 0.3) is 0 Å². The number of aliphatic hydroxyl groups is 5. The summed E-state index contributed by atoms with van der Waals surface area (Å²) in [4.78, 5) is 72.2. The number of hydrogen-bond acceptors (Lipinski definition) is 28. The number of esters is 5. The van der Waals surface area contributed by atoms with E-state index in [2.05, 4.69) is 34.6 Å². The number of carbonyl (C=O) groups excluding carboxylic acids is 5. The van der Waals surface area contributed by atoms with Crippen molar-refractivity contribution in [1.29, 1.82) is 0 Å². The first-order valence-corrected chi connectivity index (χ1v) is 47.3. The molecule has 10 unspecified atom stereocenters. The highest BCUT2D eigenvalue weighted by atomic mass is 16.7. The van der Waals surface area contributed by atoms with Crippen LogP contribution in [-0.2, 0) is 95.0 Å². The minimum Gasteiger partial charge on any atom is -0.464 e. The Kier molecular flexibility index (Phi) is 83.0. The molecule has 10 atom stereocenters. The second-order valence-electron chi connectivity index (χ2n) is 31.9. The van der Waals surface area contributed by atoms with Crippen LogP contribution in [0, 0.1) is 0 Å². The lowest BCUT2D eigenvalue weighted by atomic mass is 10.2. The van der Waals surface area contributed by atoms with E-state index >= 15 is 0 Å². The van der Waals surface area contributed by atoms with Gasteiger partial charge in [0.2, 0.25) is 0 Å². The van der Waals surface area contributed by atoms with Crippen LogP contribution in [-0.4, -0.2) is 290 Å². The molecular formula is C91H177N3O25. The highest BCUT2D eigenvalue weighted by molar-refractivity contribution is 5.76. The summed E-state index contributed by atoms with van der Waals surface area (Å²) >= 11 is 0. The molecule has 706 valence electrons. The van der Waals surface area contributed by atoms with Crippen molar-refractivity contribution < 1.29 is 121 Å². The highest BCUT2D eigenvalue weighted by Crippen LogP contribution is 2.16. The van der Waals surface area contributed by atoms with Crippen LogP contribution in [0.1, 0.15) is 339 Å². The van der Waals surface area contributed by atoms with Gasteiger partial charge in [-0.3, -0.25) is 9.80 Å². The van der Waals surface area contributed by atoms with E-state index in [0.29, 0.717) is 98.2 Å². The summed E-state index contributed by atoms with van der Waals surface area (Å²) in [6, 6.07) is 0. The molecule has 0 fully saturated rings. The predicted molar refractivity (Wildman–Crippen MR) is 463 cm³/mol. The molecule has 0 aliphatic heterocycles. The lowest BCUT2D eigenvalue weighted by Crippen LogP contribution is -2.46. The summed E-state index contributed by atoms with van der Waals surface area (Å²) in [5.74, 6) is -4.31. The van der Waals surface area contributed by atoms with Gasteiger partial charge in [-0.15, -0.1) is 0 Å². The van der Waals surface area contributed by atoms with Crippen LogP contribution in [0.4, 0.5) is 0 Å². The van der Waals surface area contributed by atoms with Gasteiger partial charge in [0, 0.05) is 98.8 Å². The Morgan fingerprint density at radius 2 is 0.328 bits per heavy atom. The number of ether oxygens (including phenoxy) is 15. The maximum atomic E-state index is 13.6. The van der Waals surface area contributed by atoms with Gasteiger partial charge in [0.05, 0.1) is 33.0 Å². The van der Waals surface area contributed by atoms with E-state index in [1.54, 1.807) is 14.7 Å². The minimum atomic E-state index is -1.66. The Bertz CT molecular complexity index is 2020. The molecule has 0 aromatic carbocycles. The fourth-order valence-electron chi connectivity index (χ4n) is 13.0. The van der Waals surface area contributed by atoms with Gasteiger partial charge in [0.1, 0.15) is 0 Å². The van der Waals surface area contributed by atoms with Gasteiger partial charge < -0.3 is 101 Å². The fraction of sp³-hybridized carbons (Fsp3) is 0.945. The number of carbonyl (C=O) groups is 5. The average Bonchev–Trinajstić information content (AvgIpc) is 0.899. The molecule has 5 N–H and O–H groups in total. The van der Waals surface area contributed by atoms with E-state index in [0.717, 1.165) is 193 Å². The molecule has 28 nitrogen and oxygen atoms in total. The molecule has 0 radical (unpaired) electrons. The number of rotatable bonds is 93. The summed E-state index contributed by atoms with van der Waals surface area (Å²) < 4.78 is 85.7. The highest BCUT2D eigenvalue weighted by Gasteiger charge is 2.29. The van der Waals surface area contributed by atoms with Gasteiger partial charge in [-0.1, -0.05) is 163 Å². The predicted octanol–water partition coefficient (Wildman–Crippen LogP) is 14.8. The zero-order valence-corrected chi connectivity index (χ0v) is 76.7. The van der Waals surface area contributed by atoms with Crippen LogP contribution >= 0.6 is 0 Å². The van der Waals surface area contributed by atoms with E-state index in [1.807, 2.05) is 34.6 Å². The van der Waals surface area contributed by atoms with Crippen molar-refractivity contribution >= 4 is 29.8 Å². The Labute approximate surface area is 720 Å². The molecule has 0 saturated carbocycles. The van der Waals surface area contributed by atoms with Crippen LogP contribution < -0.4 is 0 Å². The van der Waals surface area contributed by atoms with Crippen LogP contribution in [0.2, 0.25) is 0 Å². The number of hydrogen-bond donors (Lipinski definition) is 5. The molecule has 0 heterocycles. The third-order valence-corrected chi connectivity index (χ3v) is 20.3. The molecule has 0 bridgehead atoms. The van der Waals surface area contributed by atoms with Crippen molar-refractivity contribution in [3.63, 3.8) is 0 Å². The zero-order chi connectivity index (χ0) is 87.7. The largest absolute Gasteiger partial charge is 0.464 e. The van der Waals surface area contributed by atoms with Gasteiger partial charge in [-0.2, -0.15) is 0 Å². The molecular weight excluding hydrogens is 1530 g/mol. The van der Waals surface area contributed by atoms with Gasteiger partial charge in [0.25, 0.3) is 0 Å². The number of nitrogens with zero attached hydrogens (tertiary/aromatic N) is 3. The normalized spacial score (nSPS) is 14.4. The van der Waals surface area contributed by atoms with Gasteiger partial charge >= 0.3 is 29.8 Å². The third-order valence-electron chi connectivity index (χ3n) is 20.3. The smallest absolute Gasteiger partial charge is 0.336 e. The van der Waals surface area contributed by atoms with Crippen LogP contribution in [0.15, 0.2) is 0 Å². The van der Waals surface area contributed by atoms with Crippen molar-refractivity contribution in [1.82, 2.24) is 14.7 Å². The van der Waals surface area contributed by atoms with Crippen LogP contribution in [0.3, 0.4) is 0 Å². The minimum absolute atomic E-state index is 0.0661. The molecule has 0 aliphatic rings. The van der Waals surface area contributed by atoms with Gasteiger partial charge in [-0.25, -0.2) is 24.0 Å². The molecule has 0 aliphatic carbocycles. The molecule has 0 saturated heterocycles. The van der Waals surface area contributed by atoms with E-state index in [4.69, 9.17) is 71.1 Å². The summed E-state index contributed by atoms with van der Waals surface area (Å²) in [6.07, 6.45) is 27.8. The molecule has 0 rings (SSSR count). The summed E-state index contributed by atoms with van der Waals surface area (Å²) in [5.41, 5.74) is 0. The van der Waals surface area contributed by atoms with Gasteiger partial charge in [0.15, 0.2) is 62.0 Å². The third kappa shape index (κ3) is 75.7. The molecule has 0 amide bonds. The topological polar surface area (TPSA) is 335 Å². The molecule has 0 aromatic heterocycles. The van der Waals surface area contributed by atoms with Crippen molar-refractivity contribution in [2.75, 3.05) is 158 Å². The Morgan fingerprint density at radius 3 is 0.487 bits per heavy atom. The second kappa shape index (κ2) is 85.4. The monoisotopic (exact) mass is 1710 g/mol. The van der Waals surface area contributed by atoms with E-state index in [9.17, 15) is 49.5 Å². The summed E-state index contributed by atoms with van der Waals surface area (Å²) in [7, 11) is 0. The summed E-state index contributed by atoms with van der Waals surface area (Å²) in [5, 5.41) is 57.1. The zero-order valence-electron chi connectivity index (χ0n) is 76.7. The SMILES string of the molecule is CCCCCCOC(C)OCCCCCCOC(=O)C(O)CN(CCCN(CC(O)C(=O)OCCCCCCOC(C)OCCCCCC)CC(O)C(=O)OCCCCCCOC(C)OCCCCCC)CCCN(CC(O)C(=O)OCCCCCCOC(C)OCCCCCC)CC(O)C(=O)OCCCCCCOC(C)OCCCCCC. The molecule has 28 heteroatoms. The molecule has 0 aromatic rings. The molecule has 0 spiro atoms. The maximum Gasteiger partial charge on any atom is 0.336 e. The van der Waals surface area contributed by atoms with Crippen molar-refractivity contribution in [2.45, 2.75) is 401 Å². The van der Waals surface area contributed by atoms with Crippen molar-refractivity contribution in [3.8, 4) is 0 Å². The number of aliphatic hydroxyl groups excluding tert-OH is 5. The second-order valence-corrected chi connectivity index (χ2v) is 31.9. The lowest BCUT2D eigenvalue weighted by Gasteiger charge is -2.30. The van der Waals surface area contributed by atoms with Crippen molar-refractivity contribution in [3.05, 3.63) is 0 Å². The van der Waals surface area contributed by atoms with Gasteiger partial charge in [-0.05, 0) is 202 Å². The first-order valence-electron chi connectivity index (χ1n) is 47.3.